The van der Waals surface area contributed by atoms with E-state index in [1.165, 1.54) is 11.1 Å². The number of halogens is 1. The third-order valence-corrected chi connectivity index (χ3v) is 5.07. The van der Waals surface area contributed by atoms with Crippen LogP contribution >= 0.6 is 0 Å². The zero-order valence-electron chi connectivity index (χ0n) is 17.8. The molecular weight excluding hydrogens is 411 g/mol. The van der Waals surface area contributed by atoms with E-state index in [-0.39, 0.29) is 25.6 Å². The third kappa shape index (κ3) is 4.72. The molecule has 1 aliphatic rings. The van der Waals surface area contributed by atoms with Crippen LogP contribution in [0.15, 0.2) is 60.0 Å². The van der Waals surface area contributed by atoms with Gasteiger partial charge in [0.25, 0.3) is 5.91 Å². The number of likely N-dealkylation sites (tertiary alicyclic amines) is 1. The normalized spacial score (nSPS) is 14.1. The molecule has 0 bridgehead atoms. The maximum atomic E-state index is 13.0. The van der Waals surface area contributed by atoms with Crippen LogP contribution in [0.1, 0.15) is 17.0 Å². The molecule has 0 atom stereocenters. The molecule has 3 aromatic rings. The summed E-state index contributed by atoms with van der Waals surface area (Å²) in [5.74, 6) is 0.820. The zero-order valence-corrected chi connectivity index (χ0v) is 17.8. The number of alkyl halides is 1. The lowest BCUT2D eigenvalue weighted by molar-refractivity contribution is -0.140. The summed E-state index contributed by atoms with van der Waals surface area (Å²) in [6.07, 6.45) is 3.85. The summed E-state index contributed by atoms with van der Waals surface area (Å²) in [4.78, 5) is 31.1. The molecule has 1 saturated heterocycles. The highest BCUT2D eigenvalue weighted by molar-refractivity contribution is 6.11. The fourth-order valence-electron chi connectivity index (χ4n) is 3.29. The summed E-state index contributed by atoms with van der Waals surface area (Å²) in [5.41, 5.74) is 3.35. The Morgan fingerprint density at radius 3 is 2.69 bits per heavy atom. The van der Waals surface area contributed by atoms with Gasteiger partial charge in [-0.15, -0.1) is 0 Å². The maximum absolute atomic E-state index is 13.0. The zero-order chi connectivity index (χ0) is 22.5. The number of carbonyl (C=O) groups excluding carboxylic acids is 1. The second-order valence-corrected chi connectivity index (χ2v) is 7.34. The maximum Gasteiger partial charge on any atom is 0.260 e. The number of pyridine rings is 1. The Balaban J connectivity index is 1.62. The average molecular weight is 434 g/mol. The van der Waals surface area contributed by atoms with Gasteiger partial charge in [0.2, 0.25) is 0 Å². The van der Waals surface area contributed by atoms with Crippen LogP contribution in [0.4, 0.5) is 15.9 Å². The minimum Gasteiger partial charge on any atom is -0.478 e. The van der Waals surface area contributed by atoms with Gasteiger partial charge in [-0.25, -0.2) is 14.4 Å². The van der Waals surface area contributed by atoms with Crippen molar-refractivity contribution < 1.29 is 13.9 Å². The Labute approximate surface area is 185 Å². The molecule has 0 aliphatic carbocycles. The molecule has 1 N–H and O–H groups in total. The molecule has 1 aromatic carbocycles. The van der Waals surface area contributed by atoms with Crippen molar-refractivity contribution in [1.29, 1.82) is 0 Å². The van der Waals surface area contributed by atoms with E-state index < -0.39 is 6.17 Å². The van der Waals surface area contributed by atoms with Crippen LogP contribution in [0.2, 0.25) is 0 Å². The highest BCUT2D eigenvalue weighted by Crippen LogP contribution is 2.26. The van der Waals surface area contributed by atoms with Crippen molar-refractivity contribution in [3.05, 3.63) is 71.9 Å². The number of nitrogens with one attached hydrogen (secondary N) is 1. The molecule has 0 saturated carbocycles. The molecule has 4 rings (SSSR count). The summed E-state index contributed by atoms with van der Waals surface area (Å²) >= 11 is 0. The highest BCUT2D eigenvalue weighted by Gasteiger charge is 2.30. The van der Waals surface area contributed by atoms with Crippen molar-refractivity contribution in [1.82, 2.24) is 19.9 Å². The quantitative estimate of drug-likeness (QED) is 0.575. The van der Waals surface area contributed by atoms with E-state index in [1.807, 2.05) is 31.2 Å². The lowest BCUT2D eigenvalue weighted by Gasteiger charge is -2.34. The Hall–Kier alpha value is -3.88. The lowest BCUT2D eigenvalue weighted by Crippen LogP contribution is -2.52. The fourth-order valence-corrected chi connectivity index (χ4v) is 3.29. The van der Waals surface area contributed by atoms with Gasteiger partial charge in [0.05, 0.1) is 19.3 Å². The molecule has 0 spiro atoms. The van der Waals surface area contributed by atoms with Crippen molar-refractivity contribution >= 4 is 23.1 Å². The minimum absolute atomic E-state index is 0.104. The monoisotopic (exact) mass is 434 g/mol. The SMILES string of the molecule is CN=C(c1ncc(OCC(=O)N2CC(F)C2)c(Nc2ccncc2)n1)c1ccccc1C. The number of carbonyl (C=O) groups is 1. The number of nitrogens with zero attached hydrogens (tertiary/aromatic N) is 5. The van der Waals surface area contributed by atoms with Gasteiger partial charge in [0.15, 0.2) is 24.0 Å². The van der Waals surface area contributed by atoms with Crippen molar-refractivity contribution in [3.63, 3.8) is 0 Å². The molecule has 32 heavy (non-hydrogen) atoms. The standard InChI is InChI=1S/C23H23FN6O2/c1-15-5-3-4-6-18(15)21(25-2)23-27-11-19(32-14-20(31)30-12-16(24)13-30)22(29-23)28-17-7-9-26-10-8-17/h3-11,16H,12-14H2,1-2H3,(H,26,27,28,29). The van der Waals surface area contributed by atoms with Gasteiger partial charge in [-0.3, -0.25) is 14.8 Å². The van der Waals surface area contributed by atoms with Crippen molar-refractivity contribution in [3.8, 4) is 5.75 Å². The number of hydrogen-bond donors (Lipinski definition) is 1. The molecule has 8 nitrogen and oxygen atoms in total. The molecule has 0 unspecified atom stereocenters. The number of hydrogen-bond acceptors (Lipinski definition) is 7. The molecule has 164 valence electrons. The van der Waals surface area contributed by atoms with Gasteiger partial charge >= 0.3 is 0 Å². The van der Waals surface area contributed by atoms with Crippen LogP contribution in [-0.4, -0.2) is 64.4 Å². The number of rotatable bonds is 7. The van der Waals surface area contributed by atoms with Crippen LogP contribution < -0.4 is 10.1 Å². The first-order valence-corrected chi connectivity index (χ1v) is 10.2. The van der Waals surface area contributed by atoms with Crippen LogP contribution in [0, 0.1) is 6.92 Å². The fraction of sp³-hybridized carbons (Fsp3) is 0.261. The van der Waals surface area contributed by atoms with Crippen LogP contribution in [-0.2, 0) is 4.79 Å². The van der Waals surface area contributed by atoms with Gasteiger partial charge in [-0.05, 0) is 24.6 Å². The minimum atomic E-state index is -0.960. The molecule has 0 radical (unpaired) electrons. The summed E-state index contributed by atoms with van der Waals surface area (Å²) in [6.45, 7) is 1.98. The Morgan fingerprint density at radius 1 is 1.25 bits per heavy atom. The smallest absolute Gasteiger partial charge is 0.260 e. The summed E-state index contributed by atoms with van der Waals surface area (Å²) < 4.78 is 18.7. The van der Waals surface area contributed by atoms with Crippen molar-refractivity contribution in [2.45, 2.75) is 13.1 Å². The summed E-state index contributed by atoms with van der Waals surface area (Å²) in [6, 6.07) is 11.4. The molecule has 1 aliphatic heterocycles. The number of ether oxygens (including phenoxy) is 1. The molecule has 2 aromatic heterocycles. The van der Waals surface area contributed by atoms with Gasteiger partial charge in [0.1, 0.15) is 11.9 Å². The van der Waals surface area contributed by atoms with E-state index >= 15 is 0 Å². The topological polar surface area (TPSA) is 92.6 Å². The van der Waals surface area contributed by atoms with Crippen LogP contribution in [0.5, 0.6) is 5.75 Å². The first-order valence-electron chi connectivity index (χ1n) is 10.2. The number of anilines is 2. The predicted molar refractivity (Wildman–Crippen MR) is 119 cm³/mol. The van der Waals surface area contributed by atoms with Gasteiger partial charge in [0, 0.05) is 30.7 Å². The molecular formula is C23H23FN6O2. The van der Waals surface area contributed by atoms with Gasteiger partial charge < -0.3 is 15.0 Å². The number of aromatic nitrogens is 3. The number of aliphatic imine (C=N–C) groups is 1. The summed E-state index contributed by atoms with van der Waals surface area (Å²) in [5, 5.41) is 3.19. The van der Waals surface area contributed by atoms with E-state index in [9.17, 15) is 9.18 Å². The second kappa shape index (κ2) is 9.51. The number of aryl methyl sites for hydroxylation is 1. The molecule has 1 fully saturated rings. The highest BCUT2D eigenvalue weighted by atomic mass is 19.1. The molecule has 9 heteroatoms. The number of benzene rings is 1. The van der Waals surface area contributed by atoms with Crippen LogP contribution in [0.25, 0.3) is 0 Å². The van der Waals surface area contributed by atoms with Crippen molar-refractivity contribution in [2.75, 3.05) is 32.1 Å². The van der Waals surface area contributed by atoms with Gasteiger partial charge in [-0.2, -0.15) is 0 Å². The van der Waals surface area contributed by atoms with Crippen LogP contribution in [0.3, 0.4) is 0 Å². The van der Waals surface area contributed by atoms with E-state index in [0.29, 0.717) is 23.1 Å². The Kier molecular flexibility index (Phi) is 6.34. The molecule has 1 amide bonds. The number of amides is 1. The largest absolute Gasteiger partial charge is 0.478 e. The Bertz CT molecular complexity index is 1130. The van der Waals surface area contributed by atoms with E-state index in [4.69, 9.17) is 4.74 Å². The summed E-state index contributed by atoms with van der Waals surface area (Å²) in [7, 11) is 1.69. The van der Waals surface area contributed by atoms with E-state index in [0.717, 1.165) is 16.8 Å². The first-order chi connectivity index (χ1) is 15.5. The Morgan fingerprint density at radius 2 is 2.00 bits per heavy atom. The van der Waals surface area contributed by atoms with Gasteiger partial charge in [-0.1, -0.05) is 24.3 Å². The first kappa shape index (κ1) is 21.4. The second-order valence-electron chi connectivity index (χ2n) is 7.34. The third-order valence-electron chi connectivity index (χ3n) is 5.07. The lowest BCUT2D eigenvalue weighted by atomic mass is 10.0. The van der Waals surface area contributed by atoms with Crippen molar-refractivity contribution in [2.24, 2.45) is 4.99 Å². The predicted octanol–water partition coefficient (Wildman–Crippen LogP) is 2.95. The average Bonchev–Trinajstić information content (AvgIpc) is 2.78. The molecule has 3 heterocycles. The van der Waals surface area contributed by atoms with E-state index in [2.05, 4.69) is 25.3 Å². The van der Waals surface area contributed by atoms with E-state index in [1.54, 1.807) is 31.6 Å².